The predicted octanol–water partition coefficient (Wildman–Crippen LogP) is 2.95. The van der Waals surface area contributed by atoms with Gasteiger partial charge in [0.1, 0.15) is 0 Å². The number of hydrogen-bond acceptors (Lipinski definition) is 4. The van der Waals surface area contributed by atoms with Gasteiger partial charge in [0.05, 0.1) is 20.3 Å². The van der Waals surface area contributed by atoms with Crippen molar-refractivity contribution in [3.63, 3.8) is 0 Å². The van der Waals surface area contributed by atoms with Gasteiger partial charge in [-0.1, -0.05) is 24.3 Å². The van der Waals surface area contributed by atoms with Gasteiger partial charge >= 0.3 is 0 Å². The minimum Gasteiger partial charge on any atom is -0.504 e. The SMILES string of the molecule is COc1cc(CCCCc2ccc(CO)c(CO)c2)ccc1O. The van der Waals surface area contributed by atoms with Gasteiger partial charge in [-0.05, 0) is 60.1 Å². The highest BCUT2D eigenvalue weighted by Gasteiger charge is 2.04. The van der Waals surface area contributed by atoms with Crippen molar-refractivity contribution in [3.8, 4) is 11.5 Å². The van der Waals surface area contributed by atoms with E-state index in [9.17, 15) is 15.3 Å². The van der Waals surface area contributed by atoms with Crippen LogP contribution in [0, 0.1) is 0 Å². The Hall–Kier alpha value is -2.04. The molecule has 2 aromatic carbocycles. The van der Waals surface area contributed by atoms with Gasteiger partial charge in [-0.3, -0.25) is 0 Å². The second-order valence-corrected chi connectivity index (χ2v) is 5.63. The predicted molar refractivity (Wildman–Crippen MR) is 89.6 cm³/mol. The minimum atomic E-state index is -0.0446. The van der Waals surface area contributed by atoms with Crippen LogP contribution >= 0.6 is 0 Å². The summed E-state index contributed by atoms with van der Waals surface area (Å²) >= 11 is 0. The smallest absolute Gasteiger partial charge is 0.160 e. The first-order valence-electron chi connectivity index (χ1n) is 7.86. The van der Waals surface area contributed by atoms with E-state index in [0.717, 1.165) is 42.4 Å². The Morgan fingerprint density at radius 1 is 0.826 bits per heavy atom. The van der Waals surface area contributed by atoms with Gasteiger partial charge in [-0.2, -0.15) is 0 Å². The van der Waals surface area contributed by atoms with Crippen LogP contribution in [0.3, 0.4) is 0 Å². The van der Waals surface area contributed by atoms with E-state index in [1.54, 1.807) is 13.2 Å². The van der Waals surface area contributed by atoms with Crippen molar-refractivity contribution in [1.82, 2.24) is 0 Å². The maximum Gasteiger partial charge on any atom is 0.160 e. The largest absolute Gasteiger partial charge is 0.504 e. The van der Waals surface area contributed by atoms with E-state index >= 15 is 0 Å². The van der Waals surface area contributed by atoms with Crippen LogP contribution in [0.25, 0.3) is 0 Å². The summed E-state index contributed by atoms with van der Waals surface area (Å²) in [5.41, 5.74) is 3.90. The fourth-order valence-electron chi connectivity index (χ4n) is 2.67. The maximum absolute atomic E-state index is 9.58. The minimum absolute atomic E-state index is 0.0428. The third-order valence-electron chi connectivity index (χ3n) is 4.04. The highest BCUT2D eigenvalue weighted by molar-refractivity contribution is 5.41. The highest BCUT2D eigenvalue weighted by atomic mass is 16.5. The van der Waals surface area contributed by atoms with E-state index in [1.165, 1.54) is 5.56 Å². The topological polar surface area (TPSA) is 69.9 Å². The van der Waals surface area contributed by atoms with Crippen molar-refractivity contribution in [1.29, 1.82) is 0 Å². The molecule has 4 nitrogen and oxygen atoms in total. The van der Waals surface area contributed by atoms with E-state index in [4.69, 9.17) is 4.74 Å². The molecule has 2 rings (SSSR count). The van der Waals surface area contributed by atoms with Crippen molar-refractivity contribution in [2.45, 2.75) is 38.9 Å². The number of unbranched alkanes of at least 4 members (excludes halogenated alkanes) is 1. The molecule has 2 aromatic rings. The number of aliphatic hydroxyl groups is 2. The Bertz CT molecular complexity index is 637. The standard InChI is InChI=1S/C19H24O4/c1-23-19-11-15(7-9-18(19)22)5-3-2-4-14-6-8-16(12-20)17(10-14)13-21/h6-11,20-22H,2-5,12-13H2,1H3. The quantitative estimate of drug-likeness (QED) is 0.655. The molecule has 0 spiro atoms. The Labute approximate surface area is 137 Å². The number of aliphatic hydroxyl groups excluding tert-OH is 2. The molecular weight excluding hydrogens is 292 g/mol. The zero-order valence-electron chi connectivity index (χ0n) is 13.5. The lowest BCUT2D eigenvalue weighted by atomic mass is 9.99. The zero-order chi connectivity index (χ0) is 16.7. The molecular formula is C19H24O4. The third kappa shape index (κ3) is 4.71. The molecule has 0 unspecified atom stereocenters. The number of methoxy groups -OCH3 is 1. The fourth-order valence-corrected chi connectivity index (χ4v) is 2.67. The fraction of sp³-hybridized carbons (Fsp3) is 0.368. The summed E-state index contributed by atoms with van der Waals surface area (Å²) in [6.45, 7) is -0.0874. The lowest BCUT2D eigenvalue weighted by Crippen LogP contribution is -1.97. The van der Waals surface area contributed by atoms with Crippen LogP contribution in [0.5, 0.6) is 11.5 Å². The Kier molecular flexibility index (Phi) is 6.44. The maximum atomic E-state index is 9.58. The molecule has 0 aliphatic rings. The molecule has 0 atom stereocenters. The number of aromatic hydroxyl groups is 1. The van der Waals surface area contributed by atoms with Gasteiger partial charge in [0.25, 0.3) is 0 Å². The van der Waals surface area contributed by atoms with Gasteiger partial charge in [0, 0.05) is 0 Å². The summed E-state index contributed by atoms with van der Waals surface area (Å²) in [5.74, 6) is 0.673. The van der Waals surface area contributed by atoms with Gasteiger partial charge in [-0.15, -0.1) is 0 Å². The summed E-state index contributed by atoms with van der Waals surface area (Å²) in [4.78, 5) is 0. The monoisotopic (exact) mass is 316 g/mol. The lowest BCUT2D eigenvalue weighted by molar-refractivity contribution is 0.260. The second-order valence-electron chi connectivity index (χ2n) is 5.63. The number of benzene rings is 2. The summed E-state index contributed by atoms with van der Waals surface area (Å²) in [7, 11) is 1.55. The molecule has 23 heavy (non-hydrogen) atoms. The van der Waals surface area contributed by atoms with E-state index in [1.807, 2.05) is 30.3 Å². The van der Waals surface area contributed by atoms with Crippen LogP contribution in [-0.4, -0.2) is 22.4 Å². The Morgan fingerprint density at radius 2 is 1.43 bits per heavy atom. The molecule has 0 aromatic heterocycles. The molecule has 0 radical (unpaired) electrons. The van der Waals surface area contributed by atoms with E-state index < -0.39 is 0 Å². The third-order valence-corrected chi connectivity index (χ3v) is 4.04. The van der Waals surface area contributed by atoms with Gasteiger partial charge < -0.3 is 20.1 Å². The van der Waals surface area contributed by atoms with Crippen LogP contribution in [0.1, 0.15) is 35.1 Å². The van der Waals surface area contributed by atoms with Crippen molar-refractivity contribution in [2.75, 3.05) is 7.11 Å². The molecule has 0 heterocycles. The summed E-state index contributed by atoms with van der Waals surface area (Å²) in [6.07, 6.45) is 3.93. The van der Waals surface area contributed by atoms with Crippen molar-refractivity contribution in [2.24, 2.45) is 0 Å². The van der Waals surface area contributed by atoms with Gasteiger partial charge in [-0.25, -0.2) is 0 Å². The molecule has 0 saturated carbocycles. The molecule has 0 bridgehead atoms. The number of aryl methyl sites for hydroxylation is 2. The van der Waals surface area contributed by atoms with Crippen LogP contribution < -0.4 is 4.74 Å². The van der Waals surface area contributed by atoms with E-state index in [2.05, 4.69) is 0 Å². The molecule has 0 aliphatic heterocycles. The van der Waals surface area contributed by atoms with Crippen molar-refractivity contribution in [3.05, 3.63) is 58.7 Å². The number of phenols is 1. The molecule has 0 fully saturated rings. The van der Waals surface area contributed by atoms with E-state index in [0.29, 0.717) is 5.75 Å². The molecule has 4 heteroatoms. The molecule has 0 aliphatic carbocycles. The van der Waals surface area contributed by atoms with Gasteiger partial charge in [0.15, 0.2) is 11.5 Å². The molecule has 3 N–H and O–H groups in total. The normalized spacial score (nSPS) is 10.7. The number of hydrogen-bond donors (Lipinski definition) is 3. The summed E-state index contributed by atoms with van der Waals surface area (Å²) < 4.78 is 5.11. The summed E-state index contributed by atoms with van der Waals surface area (Å²) in [5, 5.41) is 28.1. The average molecular weight is 316 g/mol. The van der Waals surface area contributed by atoms with Crippen molar-refractivity contribution >= 4 is 0 Å². The number of ether oxygens (including phenoxy) is 1. The zero-order valence-corrected chi connectivity index (χ0v) is 13.5. The first-order chi connectivity index (χ1) is 11.2. The van der Waals surface area contributed by atoms with E-state index in [-0.39, 0.29) is 19.0 Å². The van der Waals surface area contributed by atoms with Crippen LogP contribution in [0.4, 0.5) is 0 Å². The highest BCUT2D eigenvalue weighted by Crippen LogP contribution is 2.27. The Balaban J connectivity index is 1.86. The first-order valence-corrected chi connectivity index (χ1v) is 7.86. The molecule has 124 valence electrons. The van der Waals surface area contributed by atoms with Crippen LogP contribution in [0.2, 0.25) is 0 Å². The lowest BCUT2D eigenvalue weighted by Gasteiger charge is -2.09. The van der Waals surface area contributed by atoms with Crippen molar-refractivity contribution < 1.29 is 20.1 Å². The van der Waals surface area contributed by atoms with Gasteiger partial charge in [0.2, 0.25) is 0 Å². The molecule has 0 saturated heterocycles. The first kappa shape index (κ1) is 17.3. The number of rotatable bonds is 8. The number of phenolic OH excluding ortho intramolecular Hbond substituents is 1. The summed E-state index contributed by atoms with van der Waals surface area (Å²) in [6, 6.07) is 11.3. The second kappa shape index (κ2) is 8.56. The Morgan fingerprint density at radius 3 is 2.04 bits per heavy atom. The molecule has 0 amide bonds. The van der Waals surface area contributed by atoms with Crippen LogP contribution in [-0.2, 0) is 26.1 Å². The van der Waals surface area contributed by atoms with Crippen LogP contribution in [0.15, 0.2) is 36.4 Å². The average Bonchev–Trinajstić information content (AvgIpc) is 2.59.